The summed E-state index contributed by atoms with van der Waals surface area (Å²) in [6.45, 7) is 0. The molecule has 2 heterocycles. The largest absolute Gasteiger partial charge is 0.505 e. The first-order chi connectivity index (χ1) is 5.27. The van der Waals surface area contributed by atoms with Crippen molar-refractivity contribution in [1.29, 1.82) is 0 Å². The standard InChI is InChI=1S/C7H6N2O2/c10-6-4-7(11)8-9-3-1-2-5(6)9/h1-4,10H,(H,8,11). The highest BCUT2D eigenvalue weighted by Gasteiger charge is 1.98. The second-order valence-electron chi connectivity index (χ2n) is 2.27. The number of nitrogens with zero attached hydrogens (tertiary/aromatic N) is 1. The second-order valence-corrected chi connectivity index (χ2v) is 2.27. The first-order valence-corrected chi connectivity index (χ1v) is 3.17. The normalized spacial score (nSPS) is 10.5. The number of nitrogens with one attached hydrogen (secondary N) is 1. The molecule has 4 nitrogen and oxygen atoms in total. The van der Waals surface area contributed by atoms with Gasteiger partial charge in [-0.2, -0.15) is 0 Å². The Morgan fingerprint density at radius 2 is 2.36 bits per heavy atom. The Hall–Kier alpha value is -1.71. The van der Waals surface area contributed by atoms with Crippen LogP contribution in [-0.4, -0.2) is 14.7 Å². The SMILES string of the molecule is O=c1cc(O)c2cccn2[nH]1. The number of hydrogen-bond acceptors (Lipinski definition) is 2. The van der Waals surface area contributed by atoms with E-state index in [9.17, 15) is 9.90 Å². The van der Waals surface area contributed by atoms with Gasteiger partial charge >= 0.3 is 0 Å². The molecule has 4 heteroatoms. The lowest BCUT2D eigenvalue weighted by Crippen LogP contribution is -2.08. The van der Waals surface area contributed by atoms with E-state index in [-0.39, 0.29) is 11.3 Å². The summed E-state index contributed by atoms with van der Waals surface area (Å²) in [7, 11) is 0. The van der Waals surface area contributed by atoms with Crippen LogP contribution >= 0.6 is 0 Å². The highest BCUT2D eigenvalue weighted by molar-refractivity contribution is 5.57. The summed E-state index contributed by atoms with van der Waals surface area (Å²) in [6.07, 6.45) is 1.66. The van der Waals surface area contributed by atoms with Gasteiger partial charge < -0.3 is 5.11 Å². The van der Waals surface area contributed by atoms with Gasteiger partial charge in [0.25, 0.3) is 5.56 Å². The lowest BCUT2D eigenvalue weighted by atomic mass is 10.4. The highest BCUT2D eigenvalue weighted by Crippen LogP contribution is 2.13. The van der Waals surface area contributed by atoms with Crippen LogP contribution in [0.1, 0.15) is 0 Å². The summed E-state index contributed by atoms with van der Waals surface area (Å²) < 4.78 is 1.47. The summed E-state index contributed by atoms with van der Waals surface area (Å²) in [6, 6.07) is 4.60. The maximum absolute atomic E-state index is 10.8. The van der Waals surface area contributed by atoms with Crippen molar-refractivity contribution in [1.82, 2.24) is 9.61 Å². The molecule has 2 aromatic rings. The molecule has 0 fully saturated rings. The van der Waals surface area contributed by atoms with Gasteiger partial charge in [0, 0.05) is 12.3 Å². The van der Waals surface area contributed by atoms with Crippen molar-refractivity contribution >= 4 is 5.52 Å². The van der Waals surface area contributed by atoms with Crippen LogP contribution in [0.15, 0.2) is 29.2 Å². The van der Waals surface area contributed by atoms with Crippen molar-refractivity contribution < 1.29 is 5.11 Å². The molecule has 0 radical (unpaired) electrons. The predicted octanol–water partition coefficient (Wildman–Crippen LogP) is 0.333. The fourth-order valence-corrected chi connectivity index (χ4v) is 1.04. The third kappa shape index (κ3) is 0.797. The Bertz CT molecular complexity index is 441. The van der Waals surface area contributed by atoms with E-state index in [4.69, 9.17) is 0 Å². The Morgan fingerprint density at radius 3 is 3.18 bits per heavy atom. The molecule has 0 unspecified atom stereocenters. The van der Waals surface area contributed by atoms with Crippen LogP contribution in [-0.2, 0) is 0 Å². The molecule has 0 aromatic carbocycles. The van der Waals surface area contributed by atoms with Crippen molar-refractivity contribution in [3.05, 3.63) is 34.7 Å². The summed E-state index contributed by atoms with van der Waals surface area (Å²) in [5.74, 6) is -0.00116. The Labute approximate surface area is 61.7 Å². The zero-order chi connectivity index (χ0) is 7.84. The molecule has 0 aliphatic carbocycles. The van der Waals surface area contributed by atoms with E-state index >= 15 is 0 Å². The zero-order valence-corrected chi connectivity index (χ0v) is 5.61. The molecule has 56 valence electrons. The van der Waals surface area contributed by atoms with Crippen molar-refractivity contribution in [2.24, 2.45) is 0 Å². The maximum Gasteiger partial charge on any atom is 0.266 e. The summed E-state index contributed by atoms with van der Waals surface area (Å²) >= 11 is 0. The fraction of sp³-hybridized carbons (Fsp3) is 0. The molecular weight excluding hydrogens is 144 g/mol. The molecule has 2 aromatic heterocycles. The number of aromatic hydroxyl groups is 1. The second kappa shape index (κ2) is 1.88. The van der Waals surface area contributed by atoms with Crippen LogP contribution < -0.4 is 5.56 Å². The van der Waals surface area contributed by atoms with Crippen LogP contribution in [0.25, 0.3) is 5.52 Å². The molecule has 0 bridgehead atoms. The molecule has 2 rings (SSSR count). The van der Waals surface area contributed by atoms with E-state index in [0.29, 0.717) is 5.52 Å². The monoisotopic (exact) mass is 150 g/mol. The van der Waals surface area contributed by atoms with E-state index in [2.05, 4.69) is 5.10 Å². The summed E-state index contributed by atoms with van der Waals surface area (Å²) in [4.78, 5) is 10.8. The van der Waals surface area contributed by atoms with Gasteiger partial charge in [0.2, 0.25) is 0 Å². The minimum Gasteiger partial charge on any atom is -0.505 e. The molecule has 0 amide bonds. The molecule has 0 spiro atoms. The minimum atomic E-state index is -0.314. The third-order valence-corrected chi connectivity index (χ3v) is 1.51. The van der Waals surface area contributed by atoms with E-state index in [1.165, 1.54) is 4.52 Å². The minimum absolute atomic E-state index is 0.00116. The Morgan fingerprint density at radius 1 is 1.55 bits per heavy atom. The van der Waals surface area contributed by atoms with E-state index in [1.807, 2.05) is 0 Å². The van der Waals surface area contributed by atoms with Gasteiger partial charge in [-0.25, -0.2) is 0 Å². The highest BCUT2D eigenvalue weighted by atomic mass is 16.3. The van der Waals surface area contributed by atoms with E-state index in [0.717, 1.165) is 6.07 Å². The molecule has 0 saturated heterocycles. The Kier molecular flexibility index (Phi) is 1.03. The van der Waals surface area contributed by atoms with Crippen LogP contribution in [0, 0.1) is 0 Å². The van der Waals surface area contributed by atoms with Gasteiger partial charge in [-0.15, -0.1) is 0 Å². The number of fused-ring (bicyclic) bond motifs is 1. The van der Waals surface area contributed by atoms with Gasteiger partial charge in [-0.05, 0) is 12.1 Å². The van der Waals surface area contributed by atoms with Crippen LogP contribution in [0.4, 0.5) is 0 Å². The molecular formula is C7H6N2O2. The first-order valence-electron chi connectivity index (χ1n) is 3.17. The van der Waals surface area contributed by atoms with Gasteiger partial charge in [0.1, 0.15) is 11.3 Å². The van der Waals surface area contributed by atoms with Gasteiger partial charge in [-0.1, -0.05) is 0 Å². The average Bonchev–Trinajstić information content (AvgIpc) is 2.34. The summed E-state index contributed by atoms with van der Waals surface area (Å²) in [5.41, 5.74) is 0.288. The smallest absolute Gasteiger partial charge is 0.266 e. The Balaban J connectivity index is 3.02. The number of H-pyrrole nitrogens is 1. The van der Waals surface area contributed by atoms with Gasteiger partial charge in [-0.3, -0.25) is 14.4 Å². The molecule has 0 saturated carbocycles. The lowest BCUT2D eigenvalue weighted by Gasteiger charge is -1.95. The van der Waals surface area contributed by atoms with Gasteiger partial charge in [0.05, 0.1) is 0 Å². The van der Waals surface area contributed by atoms with Crippen molar-refractivity contribution in [2.45, 2.75) is 0 Å². The zero-order valence-electron chi connectivity index (χ0n) is 5.61. The molecule has 0 aliphatic rings. The van der Waals surface area contributed by atoms with Gasteiger partial charge in [0.15, 0.2) is 0 Å². The number of hydrogen-bond donors (Lipinski definition) is 2. The topological polar surface area (TPSA) is 57.5 Å². The molecule has 0 aliphatic heterocycles. The van der Waals surface area contributed by atoms with Crippen LogP contribution in [0.2, 0.25) is 0 Å². The lowest BCUT2D eigenvalue weighted by molar-refractivity contribution is 0.476. The average molecular weight is 150 g/mol. The number of aromatic nitrogens is 2. The van der Waals surface area contributed by atoms with E-state index in [1.54, 1.807) is 18.3 Å². The van der Waals surface area contributed by atoms with E-state index < -0.39 is 0 Å². The number of aromatic amines is 1. The number of rotatable bonds is 0. The fourth-order valence-electron chi connectivity index (χ4n) is 1.04. The maximum atomic E-state index is 10.8. The van der Waals surface area contributed by atoms with Crippen molar-refractivity contribution in [2.75, 3.05) is 0 Å². The van der Waals surface area contributed by atoms with Crippen molar-refractivity contribution in [3.8, 4) is 5.75 Å². The molecule has 2 N–H and O–H groups in total. The quantitative estimate of drug-likeness (QED) is 0.568. The van der Waals surface area contributed by atoms with Crippen LogP contribution in [0.3, 0.4) is 0 Å². The summed E-state index contributed by atoms with van der Waals surface area (Å²) in [5, 5.41) is 11.7. The van der Waals surface area contributed by atoms with Crippen LogP contribution in [0.5, 0.6) is 5.75 Å². The van der Waals surface area contributed by atoms with Crippen molar-refractivity contribution in [3.63, 3.8) is 0 Å². The molecule has 0 atom stereocenters. The third-order valence-electron chi connectivity index (χ3n) is 1.51. The first kappa shape index (κ1) is 6.03. The predicted molar refractivity (Wildman–Crippen MR) is 39.7 cm³/mol. The molecule has 11 heavy (non-hydrogen) atoms.